The summed E-state index contributed by atoms with van der Waals surface area (Å²) in [4.78, 5) is 12.4. The van der Waals surface area contributed by atoms with Crippen LogP contribution in [-0.4, -0.2) is 19.5 Å². The number of pyridine rings is 1. The maximum atomic E-state index is 5.44. The quantitative estimate of drug-likeness (QED) is 0.569. The number of hydrogen-bond donors (Lipinski definition) is 1. The highest BCUT2D eigenvalue weighted by molar-refractivity contribution is 5.94. The Bertz CT molecular complexity index is 952. The van der Waals surface area contributed by atoms with Crippen LogP contribution in [-0.2, 0) is 6.54 Å². The topological polar surface area (TPSA) is 46.5 Å². The molecular weight excluding hydrogens is 260 g/mol. The van der Waals surface area contributed by atoms with Crippen molar-refractivity contribution in [2.24, 2.45) is 0 Å². The lowest BCUT2D eigenvalue weighted by atomic mass is 10.2. The fraction of sp³-hybridized carbons (Fsp3) is 0.0588. The molecule has 0 aliphatic rings. The van der Waals surface area contributed by atoms with Crippen molar-refractivity contribution in [2.45, 2.75) is 6.54 Å². The minimum absolute atomic E-state index is 0.494. The molecule has 0 saturated heterocycles. The molecule has 1 N–H and O–H groups in total. The summed E-state index contributed by atoms with van der Waals surface area (Å²) in [5, 5.41) is 1.05. The molecule has 4 heteroatoms. The van der Waals surface area contributed by atoms with Crippen molar-refractivity contribution >= 4 is 22.1 Å². The highest BCUT2D eigenvalue weighted by Gasteiger charge is 2.13. The second kappa shape index (κ2) is 4.50. The van der Waals surface area contributed by atoms with Gasteiger partial charge in [-0.3, -0.25) is 0 Å². The predicted octanol–water partition coefficient (Wildman–Crippen LogP) is 3.21. The van der Waals surface area contributed by atoms with E-state index in [2.05, 4.69) is 20.9 Å². The first-order chi connectivity index (χ1) is 10.4. The zero-order valence-electron chi connectivity index (χ0n) is 11.2. The van der Waals surface area contributed by atoms with Crippen molar-refractivity contribution in [1.29, 1.82) is 0 Å². The Morgan fingerprint density at radius 3 is 2.95 bits per heavy atom. The summed E-state index contributed by atoms with van der Waals surface area (Å²) in [7, 11) is 0. The van der Waals surface area contributed by atoms with Gasteiger partial charge in [0.05, 0.1) is 17.6 Å². The van der Waals surface area contributed by atoms with E-state index in [9.17, 15) is 0 Å². The van der Waals surface area contributed by atoms with Crippen molar-refractivity contribution in [3.63, 3.8) is 0 Å². The zero-order chi connectivity index (χ0) is 14.2. The van der Waals surface area contributed by atoms with E-state index in [0.717, 1.165) is 33.5 Å². The average Bonchev–Trinajstić information content (AvgIpc) is 3.09. The van der Waals surface area contributed by atoms with Crippen LogP contribution in [0.15, 0.2) is 48.8 Å². The molecule has 1 aromatic carbocycles. The summed E-state index contributed by atoms with van der Waals surface area (Å²) >= 11 is 0. The van der Waals surface area contributed by atoms with Gasteiger partial charge in [-0.1, -0.05) is 18.1 Å². The average molecular weight is 272 g/mol. The van der Waals surface area contributed by atoms with Gasteiger partial charge in [0.2, 0.25) is 0 Å². The SMILES string of the molecule is C#CCn1cc(-c2nc3ccccc3[nH]2)c2cccnc21. The summed E-state index contributed by atoms with van der Waals surface area (Å²) in [5.41, 5.74) is 3.87. The number of benzene rings is 1. The normalized spacial score (nSPS) is 11.0. The fourth-order valence-corrected chi connectivity index (χ4v) is 2.61. The zero-order valence-corrected chi connectivity index (χ0v) is 11.2. The van der Waals surface area contributed by atoms with Crippen LogP contribution in [0, 0.1) is 12.3 Å². The smallest absolute Gasteiger partial charge is 0.141 e. The van der Waals surface area contributed by atoms with Crippen molar-refractivity contribution in [2.75, 3.05) is 0 Å². The Morgan fingerprint density at radius 2 is 2.10 bits per heavy atom. The van der Waals surface area contributed by atoms with Gasteiger partial charge in [-0.15, -0.1) is 6.42 Å². The number of nitrogens with one attached hydrogen (secondary N) is 1. The van der Waals surface area contributed by atoms with Gasteiger partial charge in [0, 0.05) is 23.3 Å². The molecule has 0 amide bonds. The molecular formula is C17H12N4. The predicted molar refractivity (Wildman–Crippen MR) is 83.7 cm³/mol. The molecule has 4 aromatic rings. The molecule has 4 nitrogen and oxygen atoms in total. The Labute approximate surface area is 121 Å². The molecule has 21 heavy (non-hydrogen) atoms. The van der Waals surface area contributed by atoms with Crippen LogP contribution >= 0.6 is 0 Å². The Balaban J connectivity index is 1.99. The standard InChI is InChI=1S/C17H12N4/c1-2-10-21-11-13(12-6-5-9-18-17(12)21)16-19-14-7-3-4-8-15(14)20-16/h1,3-9,11H,10H2,(H,19,20). The summed E-state index contributed by atoms with van der Waals surface area (Å²) in [6, 6.07) is 12.0. The lowest BCUT2D eigenvalue weighted by Gasteiger charge is -1.96. The number of aromatic nitrogens is 4. The van der Waals surface area contributed by atoms with E-state index in [4.69, 9.17) is 6.42 Å². The number of aromatic amines is 1. The number of fused-ring (bicyclic) bond motifs is 2. The molecule has 100 valence electrons. The molecule has 0 saturated carbocycles. The number of nitrogens with zero attached hydrogens (tertiary/aromatic N) is 3. The van der Waals surface area contributed by atoms with Gasteiger partial charge in [-0.2, -0.15) is 0 Å². The number of terminal acetylenes is 1. The molecule has 0 aliphatic heterocycles. The lowest BCUT2D eigenvalue weighted by Crippen LogP contribution is -1.93. The van der Waals surface area contributed by atoms with Crippen LogP contribution in [0.25, 0.3) is 33.5 Å². The van der Waals surface area contributed by atoms with E-state index in [1.165, 1.54) is 0 Å². The number of rotatable bonds is 2. The van der Waals surface area contributed by atoms with Crippen LogP contribution in [0.3, 0.4) is 0 Å². The summed E-state index contributed by atoms with van der Waals surface area (Å²) in [6.45, 7) is 0.494. The molecule has 0 aliphatic carbocycles. The molecule has 0 radical (unpaired) electrons. The first kappa shape index (κ1) is 11.7. The molecule has 0 bridgehead atoms. The van der Waals surface area contributed by atoms with Crippen LogP contribution in [0.4, 0.5) is 0 Å². The van der Waals surface area contributed by atoms with E-state index in [1.807, 2.05) is 47.2 Å². The van der Waals surface area contributed by atoms with Gasteiger partial charge < -0.3 is 9.55 Å². The van der Waals surface area contributed by atoms with E-state index in [0.29, 0.717) is 6.54 Å². The van der Waals surface area contributed by atoms with Crippen molar-refractivity contribution < 1.29 is 0 Å². The summed E-state index contributed by atoms with van der Waals surface area (Å²) < 4.78 is 1.97. The minimum atomic E-state index is 0.494. The molecule has 3 aromatic heterocycles. The monoisotopic (exact) mass is 272 g/mol. The maximum Gasteiger partial charge on any atom is 0.141 e. The van der Waals surface area contributed by atoms with Gasteiger partial charge in [-0.05, 0) is 24.3 Å². The molecule has 4 rings (SSSR count). The Hall–Kier alpha value is -3.06. The Morgan fingerprint density at radius 1 is 1.19 bits per heavy atom. The van der Waals surface area contributed by atoms with Crippen LogP contribution in [0.2, 0.25) is 0 Å². The third kappa shape index (κ3) is 1.79. The second-order valence-corrected chi connectivity index (χ2v) is 4.85. The lowest BCUT2D eigenvalue weighted by molar-refractivity contribution is 0.872. The number of hydrogen-bond acceptors (Lipinski definition) is 2. The van der Waals surface area contributed by atoms with Crippen LogP contribution < -0.4 is 0 Å². The molecule has 0 unspecified atom stereocenters. The molecule has 0 spiro atoms. The van der Waals surface area contributed by atoms with Crippen LogP contribution in [0.1, 0.15) is 0 Å². The van der Waals surface area contributed by atoms with Gasteiger partial charge in [0.15, 0.2) is 0 Å². The fourth-order valence-electron chi connectivity index (χ4n) is 2.61. The van der Waals surface area contributed by atoms with Gasteiger partial charge in [0.1, 0.15) is 11.5 Å². The number of H-pyrrole nitrogens is 1. The highest BCUT2D eigenvalue weighted by Crippen LogP contribution is 2.29. The van der Waals surface area contributed by atoms with Gasteiger partial charge >= 0.3 is 0 Å². The van der Waals surface area contributed by atoms with Gasteiger partial charge in [0.25, 0.3) is 0 Å². The van der Waals surface area contributed by atoms with Crippen molar-refractivity contribution in [3.05, 3.63) is 48.8 Å². The third-order valence-electron chi connectivity index (χ3n) is 3.54. The van der Waals surface area contributed by atoms with E-state index in [1.54, 1.807) is 6.20 Å². The molecule has 0 fully saturated rings. The second-order valence-electron chi connectivity index (χ2n) is 4.85. The summed E-state index contributed by atoms with van der Waals surface area (Å²) in [6.07, 6.45) is 9.22. The molecule has 3 heterocycles. The largest absolute Gasteiger partial charge is 0.338 e. The third-order valence-corrected chi connectivity index (χ3v) is 3.54. The van der Waals surface area contributed by atoms with Crippen molar-refractivity contribution in [1.82, 2.24) is 19.5 Å². The highest BCUT2D eigenvalue weighted by atomic mass is 15.0. The Kier molecular flexibility index (Phi) is 2.51. The molecule has 0 atom stereocenters. The first-order valence-corrected chi connectivity index (χ1v) is 6.69. The number of para-hydroxylation sites is 2. The maximum absolute atomic E-state index is 5.44. The van der Waals surface area contributed by atoms with E-state index in [-0.39, 0.29) is 0 Å². The van der Waals surface area contributed by atoms with Crippen molar-refractivity contribution in [3.8, 4) is 23.7 Å². The first-order valence-electron chi connectivity index (χ1n) is 6.69. The minimum Gasteiger partial charge on any atom is -0.338 e. The summed E-state index contributed by atoms with van der Waals surface area (Å²) in [5.74, 6) is 3.50. The van der Waals surface area contributed by atoms with E-state index < -0.39 is 0 Å². The van der Waals surface area contributed by atoms with E-state index >= 15 is 0 Å². The number of imidazole rings is 1. The van der Waals surface area contributed by atoms with Gasteiger partial charge in [-0.25, -0.2) is 9.97 Å². The van der Waals surface area contributed by atoms with Crippen LogP contribution in [0.5, 0.6) is 0 Å².